The molecule has 102 valence electrons. The number of rotatable bonds is 6. The van der Waals surface area contributed by atoms with Gasteiger partial charge in [-0.25, -0.2) is 9.67 Å². The summed E-state index contributed by atoms with van der Waals surface area (Å²) >= 11 is 0. The second-order valence-electron chi connectivity index (χ2n) is 4.97. The third-order valence-corrected chi connectivity index (χ3v) is 2.98. The molecule has 2 aromatic heterocycles. The van der Waals surface area contributed by atoms with Crippen molar-refractivity contribution in [3.63, 3.8) is 0 Å². The van der Waals surface area contributed by atoms with Gasteiger partial charge in [-0.2, -0.15) is 15.3 Å². The number of aromatic nitrogens is 5. The summed E-state index contributed by atoms with van der Waals surface area (Å²) in [5.74, 6) is 1.54. The molecular formula is C13H20N6. The first kappa shape index (κ1) is 13.6. The predicted octanol–water partition coefficient (Wildman–Crippen LogP) is 1.23. The third kappa shape index (κ3) is 3.57. The molecule has 0 aliphatic rings. The van der Waals surface area contributed by atoms with E-state index in [0.29, 0.717) is 5.92 Å². The molecule has 0 radical (unpaired) electrons. The van der Waals surface area contributed by atoms with Crippen molar-refractivity contribution in [3.05, 3.63) is 36.2 Å². The van der Waals surface area contributed by atoms with Crippen LogP contribution in [0.15, 0.2) is 24.8 Å². The zero-order chi connectivity index (χ0) is 13.7. The van der Waals surface area contributed by atoms with Gasteiger partial charge < -0.3 is 5.32 Å². The SMILES string of the molecule is CNC(Cc1ncnn1CC(C)C)c1ccnnc1. The number of hydrogen-bond donors (Lipinski definition) is 1. The van der Waals surface area contributed by atoms with Crippen LogP contribution in [-0.2, 0) is 13.0 Å². The maximum Gasteiger partial charge on any atom is 0.138 e. The van der Waals surface area contributed by atoms with Crippen LogP contribution in [0, 0.1) is 5.92 Å². The second-order valence-corrected chi connectivity index (χ2v) is 4.97. The fourth-order valence-electron chi connectivity index (χ4n) is 2.02. The van der Waals surface area contributed by atoms with Gasteiger partial charge >= 0.3 is 0 Å². The summed E-state index contributed by atoms with van der Waals surface area (Å²) in [6.07, 6.45) is 5.90. The Hall–Kier alpha value is -1.82. The van der Waals surface area contributed by atoms with Crippen LogP contribution in [0.4, 0.5) is 0 Å². The predicted molar refractivity (Wildman–Crippen MR) is 72.4 cm³/mol. The maximum atomic E-state index is 4.36. The molecule has 2 rings (SSSR count). The van der Waals surface area contributed by atoms with Gasteiger partial charge in [-0.05, 0) is 24.6 Å². The molecule has 0 fully saturated rings. The van der Waals surface area contributed by atoms with Gasteiger partial charge in [0.05, 0.1) is 6.20 Å². The van der Waals surface area contributed by atoms with E-state index in [9.17, 15) is 0 Å². The Kier molecular flexibility index (Phi) is 4.57. The van der Waals surface area contributed by atoms with Gasteiger partial charge in [0, 0.05) is 25.2 Å². The smallest absolute Gasteiger partial charge is 0.138 e. The fraction of sp³-hybridized carbons (Fsp3) is 0.538. The van der Waals surface area contributed by atoms with Crippen LogP contribution in [0.5, 0.6) is 0 Å². The van der Waals surface area contributed by atoms with Crippen molar-refractivity contribution in [2.24, 2.45) is 5.92 Å². The highest BCUT2D eigenvalue weighted by molar-refractivity contribution is 5.13. The maximum absolute atomic E-state index is 4.36. The van der Waals surface area contributed by atoms with Crippen molar-refractivity contribution in [1.82, 2.24) is 30.3 Å². The Labute approximate surface area is 113 Å². The van der Waals surface area contributed by atoms with Crippen molar-refractivity contribution < 1.29 is 0 Å². The second kappa shape index (κ2) is 6.38. The summed E-state index contributed by atoms with van der Waals surface area (Å²) in [5, 5.41) is 15.3. The molecule has 0 amide bonds. The van der Waals surface area contributed by atoms with E-state index >= 15 is 0 Å². The quantitative estimate of drug-likeness (QED) is 0.846. The van der Waals surface area contributed by atoms with E-state index in [-0.39, 0.29) is 6.04 Å². The van der Waals surface area contributed by atoms with Crippen LogP contribution in [0.3, 0.4) is 0 Å². The highest BCUT2D eigenvalue weighted by Gasteiger charge is 2.15. The number of nitrogens with zero attached hydrogens (tertiary/aromatic N) is 5. The van der Waals surface area contributed by atoms with E-state index in [0.717, 1.165) is 24.4 Å². The molecule has 6 heteroatoms. The van der Waals surface area contributed by atoms with Crippen molar-refractivity contribution in [1.29, 1.82) is 0 Å². The van der Waals surface area contributed by atoms with E-state index in [4.69, 9.17) is 0 Å². The molecule has 6 nitrogen and oxygen atoms in total. The van der Waals surface area contributed by atoms with Gasteiger partial charge in [0.15, 0.2) is 0 Å². The van der Waals surface area contributed by atoms with Crippen LogP contribution in [0.1, 0.15) is 31.3 Å². The Balaban J connectivity index is 2.13. The van der Waals surface area contributed by atoms with Gasteiger partial charge in [-0.3, -0.25) is 0 Å². The lowest BCUT2D eigenvalue weighted by atomic mass is 10.1. The molecule has 0 saturated carbocycles. The Morgan fingerprint density at radius 2 is 2.16 bits per heavy atom. The molecule has 0 bridgehead atoms. The van der Waals surface area contributed by atoms with E-state index < -0.39 is 0 Å². The van der Waals surface area contributed by atoms with Crippen molar-refractivity contribution in [2.75, 3.05) is 7.05 Å². The van der Waals surface area contributed by atoms with Crippen molar-refractivity contribution in [2.45, 2.75) is 32.9 Å². The van der Waals surface area contributed by atoms with Gasteiger partial charge in [-0.15, -0.1) is 0 Å². The molecule has 0 saturated heterocycles. The lowest BCUT2D eigenvalue weighted by Crippen LogP contribution is -2.22. The summed E-state index contributed by atoms with van der Waals surface area (Å²) in [5.41, 5.74) is 1.11. The molecule has 2 heterocycles. The lowest BCUT2D eigenvalue weighted by Gasteiger charge is -2.16. The molecule has 0 aromatic carbocycles. The molecule has 1 unspecified atom stereocenters. The number of nitrogens with one attached hydrogen (secondary N) is 1. The highest BCUT2D eigenvalue weighted by atomic mass is 15.3. The minimum Gasteiger partial charge on any atom is -0.313 e. The monoisotopic (exact) mass is 260 g/mol. The normalized spacial score (nSPS) is 12.8. The van der Waals surface area contributed by atoms with Crippen LogP contribution in [0.25, 0.3) is 0 Å². The van der Waals surface area contributed by atoms with Gasteiger partial charge in [0.1, 0.15) is 12.2 Å². The Morgan fingerprint density at radius 1 is 1.32 bits per heavy atom. The largest absolute Gasteiger partial charge is 0.313 e. The van der Waals surface area contributed by atoms with Gasteiger partial charge in [0.25, 0.3) is 0 Å². The molecular weight excluding hydrogens is 240 g/mol. The van der Waals surface area contributed by atoms with E-state index in [1.54, 1.807) is 18.7 Å². The van der Waals surface area contributed by atoms with Gasteiger partial charge in [-0.1, -0.05) is 13.8 Å². The molecule has 0 aliphatic carbocycles. The minimum absolute atomic E-state index is 0.172. The summed E-state index contributed by atoms with van der Waals surface area (Å²) < 4.78 is 1.98. The highest BCUT2D eigenvalue weighted by Crippen LogP contribution is 2.15. The molecule has 0 spiro atoms. The average molecular weight is 260 g/mol. The standard InChI is InChI=1S/C13H20N6/c1-10(2)8-19-13(15-9-18-19)6-12(14-3)11-4-5-16-17-7-11/h4-5,7,9-10,12,14H,6,8H2,1-3H3. The van der Waals surface area contributed by atoms with Crippen LogP contribution in [-0.4, -0.2) is 32.0 Å². The topological polar surface area (TPSA) is 68.5 Å². The third-order valence-electron chi connectivity index (χ3n) is 2.98. The molecule has 19 heavy (non-hydrogen) atoms. The summed E-state index contributed by atoms with van der Waals surface area (Å²) in [7, 11) is 1.94. The summed E-state index contributed by atoms with van der Waals surface area (Å²) in [6.45, 7) is 5.24. The first-order valence-electron chi connectivity index (χ1n) is 6.51. The molecule has 1 atom stereocenters. The van der Waals surface area contributed by atoms with Crippen LogP contribution >= 0.6 is 0 Å². The Bertz CT molecular complexity index is 493. The first-order valence-corrected chi connectivity index (χ1v) is 6.51. The first-order chi connectivity index (χ1) is 9.20. The summed E-state index contributed by atoms with van der Waals surface area (Å²) in [4.78, 5) is 4.36. The zero-order valence-electron chi connectivity index (χ0n) is 11.6. The number of hydrogen-bond acceptors (Lipinski definition) is 5. The van der Waals surface area contributed by atoms with E-state index in [2.05, 4.69) is 39.4 Å². The van der Waals surface area contributed by atoms with E-state index in [1.807, 2.05) is 17.8 Å². The molecule has 1 N–H and O–H groups in total. The zero-order valence-corrected chi connectivity index (χ0v) is 11.6. The average Bonchev–Trinajstić information content (AvgIpc) is 2.83. The molecule has 2 aromatic rings. The summed E-state index contributed by atoms with van der Waals surface area (Å²) in [6, 6.07) is 2.14. The molecule has 0 aliphatic heterocycles. The van der Waals surface area contributed by atoms with Crippen molar-refractivity contribution in [3.8, 4) is 0 Å². The van der Waals surface area contributed by atoms with E-state index in [1.165, 1.54) is 0 Å². The van der Waals surface area contributed by atoms with Crippen molar-refractivity contribution >= 4 is 0 Å². The number of likely N-dealkylation sites (N-methyl/N-ethyl adjacent to an activating group) is 1. The Morgan fingerprint density at radius 3 is 2.79 bits per heavy atom. The van der Waals surface area contributed by atoms with Crippen LogP contribution < -0.4 is 5.32 Å². The fourth-order valence-corrected chi connectivity index (χ4v) is 2.02. The minimum atomic E-state index is 0.172. The lowest BCUT2D eigenvalue weighted by molar-refractivity contribution is 0.451. The van der Waals surface area contributed by atoms with Crippen LogP contribution in [0.2, 0.25) is 0 Å². The van der Waals surface area contributed by atoms with Gasteiger partial charge in [0.2, 0.25) is 0 Å².